The first-order valence-electron chi connectivity index (χ1n) is 9.19. The van der Waals surface area contributed by atoms with E-state index in [0.717, 1.165) is 11.3 Å². The summed E-state index contributed by atoms with van der Waals surface area (Å²) in [5.41, 5.74) is 5.21. The third-order valence-electron chi connectivity index (χ3n) is 4.77. The molecule has 10 nitrogen and oxygen atoms in total. The quantitative estimate of drug-likeness (QED) is 0.547. The fourth-order valence-electron chi connectivity index (χ4n) is 3.18. The van der Waals surface area contributed by atoms with E-state index < -0.39 is 45.9 Å². The summed E-state index contributed by atoms with van der Waals surface area (Å²) in [5, 5.41) is 4.13. The van der Waals surface area contributed by atoms with Gasteiger partial charge in [-0.15, -0.1) is 11.3 Å². The molecule has 3 atom stereocenters. The van der Waals surface area contributed by atoms with Gasteiger partial charge in [0.15, 0.2) is 5.76 Å². The highest BCUT2D eigenvalue weighted by molar-refractivity contribution is 7.91. The molecule has 1 saturated heterocycles. The van der Waals surface area contributed by atoms with Crippen molar-refractivity contribution in [1.82, 2.24) is 14.9 Å². The number of nitrogens with two attached hydrogens (primary N) is 1. The Labute approximate surface area is 177 Å². The van der Waals surface area contributed by atoms with Crippen LogP contribution in [-0.4, -0.2) is 55.7 Å². The van der Waals surface area contributed by atoms with Crippen molar-refractivity contribution in [3.63, 3.8) is 0 Å². The highest BCUT2D eigenvalue weighted by atomic mass is 32.2. The van der Waals surface area contributed by atoms with Crippen LogP contribution in [0.25, 0.3) is 0 Å². The highest BCUT2D eigenvalue weighted by Gasteiger charge is 2.39. The molecule has 0 saturated carbocycles. The summed E-state index contributed by atoms with van der Waals surface area (Å²) in [6.07, 6.45) is 1.69. The largest absolute Gasteiger partial charge is 0.459 e. The number of primary amides is 1. The SMILES string of the molecule is C[C@@H](NC(=O)[C@H]1C[C@@H](NS(=O)(=O)c2cccs2)CCN1C(=O)c1ccco1)C(N)=O. The second-order valence-electron chi connectivity index (χ2n) is 6.90. The Morgan fingerprint density at radius 1 is 1.30 bits per heavy atom. The van der Waals surface area contributed by atoms with E-state index in [4.69, 9.17) is 10.2 Å². The van der Waals surface area contributed by atoms with E-state index in [2.05, 4.69) is 10.0 Å². The normalized spacial score (nSPS) is 20.5. The number of amides is 3. The number of piperidine rings is 1. The summed E-state index contributed by atoms with van der Waals surface area (Å²) in [7, 11) is -3.74. The van der Waals surface area contributed by atoms with Crippen molar-refractivity contribution < 1.29 is 27.2 Å². The minimum absolute atomic E-state index is 0.0361. The average Bonchev–Trinajstić information content (AvgIpc) is 3.41. The molecule has 3 rings (SSSR count). The van der Waals surface area contributed by atoms with Crippen molar-refractivity contribution in [2.24, 2.45) is 5.73 Å². The molecule has 1 aliphatic heterocycles. The van der Waals surface area contributed by atoms with E-state index in [0.29, 0.717) is 6.42 Å². The minimum Gasteiger partial charge on any atom is -0.459 e. The topological polar surface area (TPSA) is 152 Å². The zero-order chi connectivity index (χ0) is 21.9. The third-order valence-corrected chi connectivity index (χ3v) is 7.68. The number of sulfonamides is 1. The second-order valence-corrected chi connectivity index (χ2v) is 9.79. The van der Waals surface area contributed by atoms with Crippen LogP contribution >= 0.6 is 11.3 Å². The molecular formula is C18H22N4O6S2. The van der Waals surface area contributed by atoms with Crippen molar-refractivity contribution in [1.29, 1.82) is 0 Å². The van der Waals surface area contributed by atoms with Crippen molar-refractivity contribution >= 4 is 39.1 Å². The van der Waals surface area contributed by atoms with Crippen LogP contribution in [0.15, 0.2) is 44.5 Å². The predicted octanol–water partition coefficient (Wildman–Crippen LogP) is 0.283. The van der Waals surface area contributed by atoms with Gasteiger partial charge in [0.25, 0.3) is 5.91 Å². The average molecular weight is 455 g/mol. The highest BCUT2D eigenvalue weighted by Crippen LogP contribution is 2.24. The van der Waals surface area contributed by atoms with E-state index in [1.165, 1.54) is 30.2 Å². The van der Waals surface area contributed by atoms with E-state index in [9.17, 15) is 22.8 Å². The number of thiophene rings is 1. The lowest BCUT2D eigenvalue weighted by molar-refractivity contribution is -0.131. The number of furan rings is 1. The smallest absolute Gasteiger partial charge is 0.290 e. The number of carbonyl (C=O) groups excluding carboxylic acids is 3. The van der Waals surface area contributed by atoms with Crippen molar-refractivity contribution in [2.75, 3.05) is 6.54 Å². The van der Waals surface area contributed by atoms with Gasteiger partial charge >= 0.3 is 0 Å². The van der Waals surface area contributed by atoms with Gasteiger partial charge in [-0.1, -0.05) is 6.07 Å². The Morgan fingerprint density at radius 2 is 2.07 bits per heavy atom. The summed E-state index contributed by atoms with van der Waals surface area (Å²) in [4.78, 5) is 38.3. The molecule has 1 aliphatic rings. The predicted molar refractivity (Wildman–Crippen MR) is 108 cm³/mol. The summed E-state index contributed by atoms with van der Waals surface area (Å²) < 4.78 is 33.0. The molecule has 0 radical (unpaired) electrons. The first-order valence-corrected chi connectivity index (χ1v) is 11.6. The molecular weight excluding hydrogens is 432 g/mol. The molecule has 3 amide bonds. The Kier molecular flexibility index (Phi) is 6.58. The minimum atomic E-state index is -3.74. The first kappa shape index (κ1) is 22.0. The lowest BCUT2D eigenvalue weighted by Crippen LogP contribution is -2.59. The molecule has 3 heterocycles. The van der Waals surface area contributed by atoms with Crippen LogP contribution in [0.5, 0.6) is 0 Å². The fraction of sp³-hybridized carbons (Fsp3) is 0.389. The molecule has 0 aliphatic carbocycles. The number of hydrogen-bond acceptors (Lipinski definition) is 7. The summed E-state index contributed by atoms with van der Waals surface area (Å²) in [6.45, 7) is 1.55. The summed E-state index contributed by atoms with van der Waals surface area (Å²) in [6, 6.07) is 3.63. The van der Waals surface area contributed by atoms with Crippen LogP contribution < -0.4 is 15.8 Å². The number of carbonyl (C=O) groups is 3. The molecule has 0 bridgehead atoms. The molecule has 30 heavy (non-hydrogen) atoms. The Morgan fingerprint density at radius 3 is 2.67 bits per heavy atom. The molecule has 12 heteroatoms. The summed E-state index contributed by atoms with van der Waals surface area (Å²) in [5.74, 6) is -1.75. The van der Waals surface area contributed by atoms with Crippen LogP contribution in [-0.2, 0) is 19.6 Å². The van der Waals surface area contributed by atoms with E-state index >= 15 is 0 Å². The molecule has 0 unspecified atom stereocenters. The number of likely N-dealkylation sites (tertiary alicyclic amines) is 1. The van der Waals surface area contributed by atoms with Crippen LogP contribution in [0, 0.1) is 0 Å². The Balaban J connectivity index is 1.80. The maximum absolute atomic E-state index is 12.8. The first-order chi connectivity index (χ1) is 14.2. The van der Waals surface area contributed by atoms with E-state index in [-0.39, 0.29) is 22.9 Å². The molecule has 2 aromatic heterocycles. The van der Waals surface area contributed by atoms with Crippen molar-refractivity contribution in [2.45, 2.75) is 42.1 Å². The van der Waals surface area contributed by atoms with Crippen molar-refractivity contribution in [3.8, 4) is 0 Å². The molecule has 4 N–H and O–H groups in total. The molecule has 0 aromatic carbocycles. The van der Waals surface area contributed by atoms with Gasteiger partial charge in [-0.25, -0.2) is 13.1 Å². The molecule has 162 valence electrons. The molecule has 2 aromatic rings. The second kappa shape index (κ2) is 8.98. The number of hydrogen-bond donors (Lipinski definition) is 3. The Bertz CT molecular complexity index is 1000. The van der Waals surface area contributed by atoms with Crippen molar-refractivity contribution in [3.05, 3.63) is 41.7 Å². The Hall–Kier alpha value is -2.70. The maximum atomic E-state index is 12.8. The van der Waals surface area contributed by atoms with Gasteiger partial charge in [0.05, 0.1) is 6.26 Å². The lowest BCUT2D eigenvalue weighted by atomic mass is 9.96. The van der Waals surface area contributed by atoms with Crippen LogP contribution in [0.3, 0.4) is 0 Å². The molecule has 0 spiro atoms. The van der Waals surface area contributed by atoms with Gasteiger partial charge in [-0.2, -0.15) is 0 Å². The zero-order valence-electron chi connectivity index (χ0n) is 16.1. The standard InChI is InChI=1S/C18H22N4O6S2/c1-11(16(19)23)20-17(24)13-10-12(21-30(26,27)15-5-3-9-29-15)6-7-22(13)18(25)14-4-2-8-28-14/h2-5,8-9,11-13,21H,6-7,10H2,1H3,(H2,19,23)(H,20,24)/t11-,12+,13-/m1/s1. The lowest BCUT2D eigenvalue weighted by Gasteiger charge is -2.38. The summed E-state index contributed by atoms with van der Waals surface area (Å²) >= 11 is 1.08. The van der Waals surface area contributed by atoms with Crippen LogP contribution in [0.2, 0.25) is 0 Å². The van der Waals surface area contributed by atoms with E-state index in [1.807, 2.05) is 0 Å². The van der Waals surface area contributed by atoms with Gasteiger partial charge in [0.1, 0.15) is 16.3 Å². The third kappa shape index (κ3) is 4.89. The van der Waals surface area contributed by atoms with E-state index in [1.54, 1.807) is 17.5 Å². The number of nitrogens with zero attached hydrogens (tertiary/aromatic N) is 1. The van der Waals surface area contributed by atoms with Gasteiger partial charge in [-0.05, 0) is 43.3 Å². The maximum Gasteiger partial charge on any atom is 0.290 e. The number of nitrogens with one attached hydrogen (secondary N) is 2. The van der Waals surface area contributed by atoms with Crippen LogP contribution in [0.4, 0.5) is 0 Å². The fourth-order valence-corrected chi connectivity index (χ4v) is 5.47. The monoisotopic (exact) mass is 454 g/mol. The van der Waals surface area contributed by atoms with Gasteiger partial charge in [-0.3, -0.25) is 14.4 Å². The van der Waals surface area contributed by atoms with Gasteiger partial charge < -0.3 is 20.4 Å². The van der Waals surface area contributed by atoms with Crippen LogP contribution in [0.1, 0.15) is 30.3 Å². The van der Waals surface area contributed by atoms with Gasteiger partial charge in [0, 0.05) is 12.6 Å². The number of rotatable bonds is 7. The molecule has 1 fully saturated rings. The zero-order valence-corrected chi connectivity index (χ0v) is 17.7. The van der Waals surface area contributed by atoms with Gasteiger partial charge in [0.2, 0.25) is 21.8 Å².